The van der Waals surface area contributed by atoms with Gasteiger partial charge in [-0.1, -0.05) is 22.9 Å². The number of nitrogens with zero attached hydrogens (tertiary/aromatic N) is 3. The zero-order valence-corrected chi connectivity index (χ0v) is 15.6. The van der Waals surface area contributed by atoms with Crippen LogP contribution in [0.1, 0.15) is 29.3 Å². The molecule has 134 valence electrons. The molecule has 1 N–H and O–H groups in total. The molecule has 1 aromatic heterocycles. The summed E-state index contributed by atoms with van der Waals surface area (Å²) in [5, 5.41) is 2.50. The number of hydrogen-bond acceptors (Lipinski definition) is 4. The van der Waals surface area contributed by atoms with Crippen LogP contribution in [0.5, 0.6) is 0 Å². The lowest BCUT2D eigenvalue weighted by molar-refractivity contribution is -0.117. The summed E-state index contributed by atoms with van der Waals surface area (Å²) in [5.74, 6) is -0.683. The third kappa shape index (κ3) is 2.88. The highest BCUT2D eigenvalue weighted by Gasteiger charge is 2.57. The van der Waals surface area contributed by atoms with Gasteiger partial charge < -0.3 is 4.90 Å². The number of hydrogen-bond donors (Lipinski definition) is 1. The number of aromatic nitrogens is 2. The van der Waals surface area contributed by atoms with Crippen molar-refractivity contribution < 1.29 is 14.0 Å². The van der Waals surface area contributed by atoms with Crippen LogP contribution in [0.15, 0.2) is 35.1 Å². The number of fused-ring (bicyclic) bond motifs is 2. The Morgan fingerprint density at radius 1 is 1.42 bits per heavy atom. The number of anilines is 1. The van der Waals surface area contributed by atoms with Gasteiger partial charge in [0.25, 0.3) is 5.91 Å². The number of halogens is 2. The van der Waals surface area contributed by atoms with Crippen molar-refractivity contribution in [2.75, 3.05) is 18.4 Å². The van der Waals surface area contributed by atoms with E-state index in [0.717, 1.165) is 28.9 Å². The summed E-state index contributed by atoms with van der Waals surface area (Å²) in [7, 11) is 0. The van der Waals surface area contributed by atoms with E-state index in [1.807, 2.05) is 18.2 Å². The Morgan fingerprint density at radius 2 is 2.12 bits per heavy atom. The van der Waals surface area contributed by atoms with Gasteiger partial charge in [0.1, 0.15) is 6.54 Å². The van der Waals surface area contributed by atoms with Gasteiger partial charge in [0.2, 0.25) is 11.9 Å². The fourth-order valence-corrected chi connectivity index (χ4v) is 4.07. The van der Waals surface area contributed by atoms with E-state index in [2.05, 4.69) is 38.1 Å². The minimum atomic E-state index is -0.582. The van der Waals surface area contributed by atoms with E-state index in [0.29, 0.717) is 18.0 Å². The van der Waals surface area contributed by atoms with Crippen LogP contribution in [0.25, 0.3) is 0 Å². The summed E-state index contributed by atoms with van der Waals surface area (Å²) in [6, 6.07) is 5.66. The molecule has 1 spiro atoms. The fraction of sp³-hybridized carbons (Fsp3) is 0.333. The summed E-state index contributed by atoms with van der Waals surface area (Å²) in [4.78, 5) is 34.1. The van der Waals surface area contributed by atoms with Crippen molar-refractivity contribution in [3.05, 3.63) is 52.0 Å². The van der Waals surface area contributed by atoms with Gasteiger partial charge >= 0.3 is 0 Å². The highest BCUT2D eigenvalue weighted by Crippen LogP contribution is 2.57. The Balaban J connectivity index is 1.54. The zero-order chi connectivity index (χ0) is 18.5. The van der Waals surface area contributed by atoms with Crippen LogP contribution >= 0.6 is 15.9 Å². The zero-order valence-electron chi connectivity index (χ0n) is 14.0. The third-order valence-electron chi connectivity index (χ3n) is 5.17. The standard InChI is InChI=1S/C18H16BrFN4O2/c1-10-5-18(10)9-24(16(26)13-3-2-11(19)4-14(13)18)8-15(25)23-17-21-6-12(20)7-22-17/h2-4,6-7,10H,5,8-9H2,1H3,(H,21,22,23,25)/t10-,18+/m0/s1. The van der Waals surface area contributed by atoms with E-state index in [1.54, 1.807) is 4.90 Å². The Labute approximate surface area is 158 Å². The third-order valence-corrected chi connectivity index (χ3v) is 5.66. The maximum Gasteiger partial charge on any atom is 0.254 e. The summed E-state index contributed by atoms with van der Waals surface area (Å²) >= 11 is 3.48. The molecule has 2 aliphatic rings. The predicted octanol–water partition coefficient (Wildman–Crippen LogP) is 2.75. The van der Waals surface area contributed by atoms with E-state index in [1.165, 1.54) is 0 Å². The molecular weight excluding hydrogens is 403 g/mol. The van der Waals surface area contributed by atoms with Gasteiger partial charge in [0.05, 0.1) is 12.4 Å². The predicted molar refractivity (Wildman–Crippen MR) is 96.1 cm³/mol. The molecule has 4 rings (SSSR count). The van der Waals surface area contributed by atoms with Gasteiger partial charge in [-0.2, -0.15) is 0 Å². The second-order valence-electron chi connectivity index (χ2n) is 6.89. The molecule has 26 heavy (non-hydrogen) atoms. The minimum absolute atomic E-state index is 0.0136. The molecule has 1 saturated carbocycles. The molecule has 8 heteroatoms. The minimum Gasteiger partial charge on any atom is -0.328 e. The molecule has 1 aliphatic carbocycles. The highest BCUT2D eigenvalue weighted by atomic mass is 79.9. The maximum atomic E-state index is 12.9. The first-order valence-corrected chi connectivity index (χ1v) is 9.05. The number of amides is 2. The second-order valence-corrected chi connectivity index (χ2v) is 7.80. The van der Waals surface area contributed by atoms with Crippen molar-refractivity contribution in [3.63, 3.8) is 0 Å². The van der Waals surface area contributed by atoms with E-state index < -0.39 is 11.7 Å². The average molecular weight is 419 g/mol. The van der Waals surface area contributed by atoms with Gasteiger partial charge in [-0.15, -0.1) is 0 Å². The normalized spacial score (nSPS) is 23.7. The van der Waals surface area contributed by atoms with Crippen molar-refractivity contribution in [3.8, 4) is 0 Å². The van der Waals surface area contributed by atoms with Crippen LogP contribution in [0.2, 0.25) is 0 Å². The van der Waals surface area contributed by atoms with Gasteiger partial charge in [0, 0.05) is 22.0 Å². The Kier molecular flexibility index (Phi) is 4.02. The summed E-state index contributed by atoms with van der Waals surface area (Å²) in [6.45, 7) is 2.57. The van der Waals surface area contributed by atoms with Gasteiger partial charge in [-0.05, 0) is 36.1 Å². The number of rotatable bonds is 3. The first kappa shape index (κ1) is 17.1. The molecule has 2 amide bonds. The molecule has 0 bridgehead atoms. The van der Waals surface area contributed by atoms with Crippen LogP contribution < -0.4 is 5.32 Å². The smallest absolute Gasteiger partial charge is 0.254 e. The average Bonchev–Trinajstić information content (AvgIpc) is 3.25. The lowest BCUT2D eigenvalue weighted by atomic mass is 9.85. The lowest BCUT2D eigenvalue weighted by Crippen LogP contribution is -2.47. The monoisotopic (exact) mass is 418 g/mol. The Bertz CT molecular complexity index is 905. The van der Waals surface area contributed by atoms with E-state index in [4.69, 9.17) is 0 Å². The molecule has 2 aromatic rings. The molecule has 0 unspecified atom stereocenters. The number of carbonyl (C=O) groups excluding carboxylic acids is 2. The summed E-state index contributed by atoms with van der Waals surface area (Å²) in [5.41, 5.74) is 1.62. The quantitative estimate of drug-likeness (QED) is 0.831. The molecule has 1 aromatic carbocycles. The maximum absolute atomic E-state index is 12.9. The van der Waals surface area contributed by atoms with E-state index in [-0.39, 0.29) is 23.8 Å². The van der Waals surface area contributed by atoms with E-state index in [9.17, 15) is 14.0 Å². The van der Waals surface area contributed by atoms with Crippen molar-refractivity contribution in [2.45, 2.75) is 18.8 Å². The fourth-order valence-electron chi connectivity index (χ4n) is 3.71. The van der Waals surface area contributed by atoms with Gasteiger partial charge in [-0.25, -0.2) is 14.4 Å². The van der Waals surface area contributed by atoms with Crippen LogP contribution in [0.4, 0.5) is 10.3 Å². The lowest BCUT2D eigenvalue weighted by Gasteiger charge is -2.35. The molecule has 2 atom stereocenters. The molecule has 1 aliphatic heterocycles. The largest absolute Gasteiger partial charge is 0.328 e. The Hall–Kier alpha value is -2.35. The van der Waals surface area contributed by atoms with Crippen molar-refractivity contribution in [2.24, 2.45) is 5.92 Å². The number of benzene rings is 1. The first-order valence-electron chi connectivity index (χ1n) is 8.26. The van der Waals surface area contributed by atoms with Crippen LogP contribution in [-0.2, 0) is 10.2 Å². The van der Waals surface area contributed by atoms with Gasteiger partial charge in [-0.3, -0.25) is 14.9 Å². The molecular formula is C18H16BrFN4O2. The van der Waals surface area contributed by atoms with Gasteiger partial charge in [0.15, 0.2) is 5.82 Å². The second kappa shape index (κ2) is 6.12. The molecule has 2 heterocycles. The van der Waals surface area contributed by atoms with Crippen molar-refractivity contribution >= 4 is 33.7 Å². The number of nitrogens with one attached hydrogen (secondary N) is 1. The number of carbonyl (C=O) groups is 2. The Morgan fingerprint density at radius 3 is 2.77 bits per heavy atom. The highest BCUT2D eigenvalue weighted by molar-refractivity contribution is 9.10. The topological polar surface area (TPSA) is 75.2 Å². The van der Waals surface area contributed by atoms with Crippen molar-refractivity contribution in [1.29, 1.82) is 0 Å². The summed E-state index contributed by atoms with van der Waals surface area (Å²) in [6.07, 6.45) is 2.94. The summed E-state index contributed by atoms with van der Waals surface area (Å²) < 4.78 is 13.8. The molecule has 0 saturated heterocycles. The van der Waals surface area contributed by atoms with Crippen molar-refractivity contribution in [1.82, 2.24) is 14.9 Å². The van der Waals surface area contributed by atoms with Crippen LogP contribution in [-0.4, -0.2) is 39.8 Å². The van der Waals surface area contributed by atoms with E-state index >= 15 is 0 Å². The molecule has 6 nitrogen and oxygen atoms in total. The first-order chi connectivity index (χ1) is 12.4. The molecule has 0 radical (unpaired) electrons. The SMILES string of the molecule is C[C@H]1C[C@@]12CN(CC(=O)Nc1ncc(F)cn1)C(=O)c1ccc(Br)cc12. The molecule has 1 fully saturated rings. The van der Waals surface area contributed by atoms with Crippen LogP contribution in [0, 0.1) is 11.7 Å². The van der Waals surface area contributed by atoms with Crippen LogP contribution in [0.3, 0.4) is 0 Å².